The molecular formula is C19H16O. The summed E-state index contributed by atoms with van der Waals surface area (Å²) in [7, 11) is 0. The molecule has 0 N–H and O–H groups in total. The van der Waals surface area contributed by atoms with Gasteiger partial charge in [-0.15, -0.1) is 0 Å². The highest BCUT2D eigenvalue weighted by Gasteiger charge is 2.49. The number of ether oxygens (including phenoxy) is 1. The molecule has 2 aliphatic heterocycles. The monoisotopic (exact) mass is 260 g/mol. The van der Waals surface area contributed by atoms with Gasteiger partial charge in [-0.3, -0.25) is 0 Å². The Morgan fingerprint density at radius 2 is 1.50 bits per heavy atom. The molecule has 1 heteroatoms. The van der Waals surface area contributed by atoms with Crippen molar-refractivity contribution in [2.45, 2.75) is 19.1 Å². The van der Waals surface area contributed by atoms with Crippen LogP contribution in [0.4, 0.5) is 0 Å². The lowest BCUT2D eigenvalue weighted by molar-refractivity contribution is 0.0586. The van der Waals surface area contributed by atoms with Crippen LogP contribution in [0, 0.1) is 23.7 Å². The van der Waals surface area contributed by atoms with E-state index in [9.17, 15) is 0 Å². The lowest BCUT2D eigenvalue weighted by Gasteiger charge is -2.22. The van der Waals surface area contributed by atoms with Crippen LogP contribution < -0.4 is 0 Å². The van der Waals surface area contributed by atoms with Gasteiger partial charge in [0.2, 0.25) is 0 Å². The molecule has 0 aliphatic carbocycles. The quantitative estimate of drug-likeness (QED) is 0.647. The topological polar surface area (TPSA) is 9.23 Å². The fourth-order valence-corrected chi connectivity index (χ4v) is 3.38. The van der Waals surface area contributed by atoms with E-state index in [1.165, 1.54) is 11.1 Å². The van der Waals surface area contributed by atoms with Crippen molar-refractivity contribution < 1.29 is 4.74 Å². The minimum atomic E-state index is 0.155. The van der Waals surface area contributed by atoms with Crippen molar-refractivity contribution >= 4 is 0 Å². The number of fused-ring (bicyclic) bond motifs is 5. The molecule has 1 saturated heterocycles. The average molecular weight is 260 g/mol. The van der Waals surface area contributed by atoms with Gasteiger partial charge in [0.05, 0.1) is 18.1 Å². The van der Waals surface area contributed by atoms with Gasteiger partial charge in [-0.2, -0.15) is 0 Å². The number of benzene rings is 2. The van der Waals surface area contributed by atoms with Gasteiger partial charge in [0.15, 0.2) is 0 Å². The van der Waals surface area contributed by atoms with Crippen LogP contribution in [-0.2, 0) is 4.74 Å². The Morgan fingerprint density at radius 1 is 0.850 bits per heavy atom. The van der Waals surface area contributed by atoms with Crippen molar-refractivity contribution in [1.29, 1.82) is 0 Å². The molecule has 20 heavy (non-hydrogen) atoms. The Bertz CT molecular complexity index is 692. The molecule has 4 atom stereocenters. The van der Waals surface area contributed by atoms with E-state index < -0.39 is 0 Å². The van der Waals surface area contributed by atoms with Crippen LogP contribution in [0.3, 0.4) is 0 Å². The standard InChI is InChI=1S/C19H16O/c1-13-15(12-11-14-7-3-2-4-8-14)19-17-10-6-5-9-16(17)18(13)20-19/h2-10,13,15,18-19H,1H3/t13-,15+,18-,19+/m0/s1. The molecule has 0 unspecified atom stereocenters. The normalized spacial score (nSPS) is 29.6. The van der Waals surface area contributed by atoms with E-state index in [1.54, 1.807) is 0 Å². The molecule has 1 fully saturated rings. The number of hydrogen-bond acceptors (Lipinski definition) is 1. The van der Waals surface area contributed by atoms with Crippen LogP contribution in [0.5, 0.6) is 0 Å². The first-order valence-electron chi connectivity index (χ1n) is 7.15. The van der Waals surface area contributed by atoms with Crippen LogP contribution in [0.15, 0.2) is 54.6 Å². The van der Waals surface area contributed by atoms with Crippen LogP contribution in [0.25, 0.3) is 0 Å². The molecule has 0 radical (unpaired) electrons. The fourth-order valence-electron chi connectivity index (χ4n) is 3.38. The van der Waals surface area contributed by atoms with Crippen molar-refractivity contribution in [2.75, 3.05) is 0 Å². The molecule has 0 aromatic heterocycles. The van der Waals surface area contributed by atoms with E-state index in [0.717, 1.165) is 5.56 Å². The largest absolute Gasteiger partial charge is 0.364 e. The molecule has 2 bridgehead atoms. The summed E-state index contributed by atoms with van der Waals surface area (Å²) >= 11 is 0. The summed E-state index contributed by atoms with van der Waals surface area (Å²) in [6.07, 6.45) is 0.383. The van der Waals surface area contributed by atoms with Gasteiger partial charge in [0.25, 0.3) is 0 Å². The maximum Gasteiger partial charge on any atom is 0.0978 e. The minimum Gasteiger partial charge on any atom is -0.364 e. The van der Waals surface area contributed by atoms with E-state index in [4.69, 9.17) is 4.74 Å². The summed E-state index contributed by atoms with van der Waals surface area (Å²) < 4.78 is 6.15. The molecule has 0 saturated carbocycles. The van der Waals surface area contributed by atoms with Crippen LogP contribution in [-0.4, -0.2) is 0 Å². The molecule has 2 aliphatic rings. The van der Waals surface area contributed by atoms with Gasteiger partial charge >= 0.3 is 0 Å². The third kappa shape index (κ3) is 1.69. The Labute approximate surface area is 119 Å². The van der Waals surface area contributed by atoms with E-state index in [0.29, 0.717) is 11.8 Å². The van der Waals surface area contributed by atoms with Crippen LogP contribution in [0.1, 0.15) is 35.8 Å². The SMILES string of the molecule is C[C@H]1[C@@H](C#Cc2ccccc2)[C@H]2O[C@@H]1c1ccccc12. The summed E-state index contributed by atoms with van der Waals surface area (Å²) in [5.41, 5.74) is 3.78. The third-order valence-corrected chi connectivity index (χ3v) is 4.43. The molecule has 0 spiro atoms. The molecule has 2 heterocycles. The first kappa shape index (κ1) is 11.8. The zero-order valence-corrected chi connectivity index (χ0v) is 11.4. The van der Waals surface area contributed by atoms with E-state index in [1.807, 2.05) is 18.2 Å². The zero-order chi connectivity index (χ0) is 13.5. The molecule has 4 rings (SSSR count). The van der Waals surface area contributed by atoms with E-state index >= 15 is 0 Å². The smallest absolute Gasteiger partial charge is 0.0978 e. The van der Waals surface area contributed by atoms with Gasteiger partial charge in [-0.25, -0.2) is 0 Å². The zero-order valence-electron chi connectivity index (χ0n) is 11.4. The summed E-state index contributed by atoms with van der Waals surface area (Å²) in [4.78, 5) is 0. The Balaban J connectivity index is 1.68. The molecule has 0 amide bonds. The summed E-state index contributed by atoms with van der Waals surface area (Å²) in [5, 5.41) is 0. The lowest BCUT2D eigenvalue weighted by atomic mass is 9.77. The maximum absolute atomic E-state index is 6.15. The Hall–Kier alpha value is -2.04. The average Bonchev–Trinajstić information content (AvgIpc) is 3.03. The summed E-state index contributed by atoms with van der Waals surface area (Å²) in [6.45, 7) is 2.25. The molecule has 1 nitrogen and oxygen atoms in total. The van der Waals surface area contributed by atoms with Gasteiger partial charge in [-0.1, -0.05) is 61.2 Å². The Morgan fingerprint density at radius 3 is 2.25 bits per heavy atom. The van der Waals surface area contributed by atoms with Gasteiger partial charge in [-0.05, 0) is 23.3 Å². The number of rotatable bonds is 0. The highest BCUT2D eigenvalue weighted by molar-refractivity contribution is 5.42. The molecule has 98 valence electrons. The van der Waals surface area contributed by atoms with E-state index in [-0.39, 0.29) is 12.2 Å². The Kier molecular flexibility index (Phi) is 2.65. The maximum atomic E-state index is 6.15. The predicted molar refractivity (Wildman–Crippen MR) is 79.0 cm³/mol. The van der Waals surface area contributed by atoms with Crippen LogP contribution >= 0.6 is 0 Å². The van der Waals surface area contributed by atoms with Crippen molar-refractivity contribution in [3.05, 3.63) is 71.3 Å². The molecular weight excluding hydrogens is 244 g/mol. The third-order valence-electron chi connectivity index (χ3n) is 4.43. The summed E-state index contributed by atoms with van der Waals surface area (Å²) in [6, 6.07) is 18.8. The van der Waals surface area contributed by atoms with Crippen molar-refractivity contribution in [3.63, 3.8) is 0 Å². The number of hydrogen-bond donors (Lipinski definition) is 0. The predicted octanol–water partition coefficient (Wildman–Crippen LogP) is 4.12. The van der Waals surface area contributed by atoms with Gasteiger partial charge in [0.1, 0.15) is 0 Å². The second-order valence-corrected chi connectivity index (χ2v) is 5.63. The summed E-state index contributed by atoms with van der Waals surface area (Å²) in [5.74, 6) is 7.51. The van der Waals surface area contributed by atoms with Crippen molar-refractivity contribution in [2.24, 2.45) is 11.8 Å². The second-order valence-electron chi connectivity index (χ2n) is 5.63. The highest BCUT2D eigenvalue weighted by atomic mass is 16.5. The van der Waals surface area contributed by atoms with Crippen LogP contribution in [0.2, 0.25) is 0 Å². The second kappa shape index (κ2) is 4.51. The molecule has 2 aromatic rings. The lowest BCUT2D eigenvalue weighted by Crippen LogP contribution is -2.17. The first-order valence-corrected chi connectivity index (χ1v) is 7.15. The van der Waals surface area contributed by atoms with Gasteiger partial charge < -0.3 is 4.74 Å². The highest BCUT2D eigenvalue weighted by Crippen LogP contribution is 2.56. The van der Waals surface area contributed by atoms with Gasteiger partial charge in [0, 0.05) is 11.5 Å². The van der Waals surface area contributed by atoms with Crippen molar-refractivity contribution in [3.8, 4) is 11.8 Å². The van der Waals surface area contributed by atoms with E-state index in [2.05, 4.69) is 55.2 Å². The first-order chi connectivity index (χ1) is 9.84. The van der Waals surface area contributed by atoms with Crippen molar-refractivity contribution in [1.82, 2.24) is 0 Å². The molecule has 2 aromatic carbocycles. The minimum absolute atomic E-state index is 0.155. The fraction of sp³-hybridized carbons (Fsp3) is 0.263.